The van der Waals surface area contributed by atoms with Crippen LogP contribution in [-0.2, 0) is 0 Å². The van der Waals surface area contributed by atoms with Crippen molar-refractivity contribution in [3.8, 4) is 73.2 Å². The normalized spacial score (nSPS) is 12.3. The molecule has 258 valence electrons. The van der Waals surface area contributed by atoms with Crippen LogP contribution in [0.5, 0.6) is 0 Å². The molecule has 0 saturated carbocycles. The monoisotopic (exact) mass is 706 g/mol. The third-order valence-electron chi connectivity index (χ3n) is 10.0. The molecule has 10 rings (SSSR count). The van der Waals surface area contributed by atoms with Gasteiger partial charge in [-0.3, -0.25) is 4.57 Å². The van der Waals surface area contributed by atoms with Crippen molar-refractivity contribution >= 4 is 21.8 Å². The summed E-state index contributed by atoms with van der Waals surface area (Å²) in [7, 11) is 0. The third-order valence-corrected chi connectivity index (χ3v) is 10.0. The van der Waals surface area contributed by atoms with Crippen LogP contribution in [0.1, 0.15) is 5.48 Å². The fourth-order valence-corrected chi connectivity index (χ4v) is 7.31. The minimum atomic E-state index is -0.330. The van der Waals surface area contributed by atoms with Crippen molar-refractivity contribution in [2.24, 2.45) is 0 Å². The van der Waals surface area contributed by atoms with Crippen LogP contribution in [-0.4, -0.2) is 19.5 Å². The number of para-hydroxylation sites is 1. The number of benzene rings is 8. The molecule has 0 spiro atoms. The summed E-state index contributed by atoms with van der Waals surface area (Å²) in [6.07, 6.45) is 0. The number of nitrogens with zero attached hydrogens (tertiary/aromatic N) is 4. The van der Waals surface area contributed by atoms with E-state index in [1.54, 1.807) is 4.57 Å². The van der Waals surface area contributed by atoms with Crippen molar-refractivity contribution in [3.63, 3.8) is 0 Å². The molecular formula is C51H34N4. The maximum absolute atomic E-state index is 9.28. The second-order valence-corrected chi connectivity index (χ2v) is 13.4. The predicted molar refractivity (Wildman–Crippen MR) is 227 cm³/mol. The highest BCUT2D eigenvalue weighted by Gasteiger charge is 2.19. The maximum Gasteiger partial charge on any atom is 0.238 e. The Kier molecular flexibility index (Phi) is 7.08. The summed E-state index contributed by atoms with van der Waals surface area (Å²) < 4.78 is 37.8. The average molecular weight is 707 g/mol. The van der Waals surface area contributed by atoms with Gasteiger partial charge in [0.05, 0.1) is 16.5 Å². The van der Waals surface area contributed by atoms with Crippen LogP contribution in [0.3, 0.4) is 0 Å². The van der Waals surface area contributed by atoms with E-state index < -0.39 is 0 Å². The average Bonchev–Trinajstić information content (AvgIpc) is 3.66. The van der Waals surface area contributed by atoms with Gasteiger partial charge in [0.25, 0.3) is 0 Å². The van der Waals surface area contributed by atoms with Crippen LogP contribution in [0.4, 0.5) is 0 Å². The molecule has 0 radical (unpaired) electrons. The lowest BCUT2D eigenvalue weighted by Gasteiger charge is -2.12. The quantitative estimate of drug-likeness (QED) is 0.166. The van der Waals surface area contributed by atoms with E-state index in [4.69, 9.17) is 17.7 Å². The largest absolute Gasteiger partial charge is 0.278 e. The van der Waals surface area contributed by atoms with Crippen LogP contribution < -0.4 is 0 Å². The highest BCUT2D eigenvalue weighted by atomic mass is 15.2. The Bertz CT molecular complexity index is 3070. The van der Waals surface area contributed by atoms with Crippen LogP contribution in [0.15, 0.2) is 206 Å². The number of aromatic nitrogens is 4. The molecule has 0 saturated heterocycles. The van der Waals surface area contributed by atoms with E-state index in [1.807, 2.05) is 133 Å². The Morgan fingerprint density at radius 3 is 1.35 bits per heavy atom. The van der Waals surface area contributed by atoms with Crippen molar-refractivity contribution in [1.82, 2.24) is 19.5 Å². The predicted octanol–water partition coefficient (Wildman–Crippen LogP) is 13.0. The Morgan fingerprint density at radius 1 is 0.345 bits per heavy atom. The van der Waals surface area contributed by atoms with E-state index in [1.165, 1.54) is 0 Å². The van der Waals surface area contributed by atoms with E-state index in [0.29, 0.717) is 33.5 Å². The van der Waals surface area contributed by atoms with E-state index >= 15 is 0 Å². The molecule has 0 atom stereocenters. The molecule has 0 fully saturated rings. The number of rotatable bonds is 7. The molecule has 55 heavy (non-hydrogen) atoms. The molecule has 0 N–H and O–H groups in total. The Labute approximate surface area is 325 Å². The van der Waals surface area contributed by atoms with Gasteiger partial charge in [-0.1, -0.05) is 188 Å². The van der Waals surface area contributed by atoms with Crippen molar-refractivity contribution in [2.45, 2.75) is 0 Å². The summed E-state index contributed by atoms with van der Waals surface area (Å²) in [5, 5.41) is 1.06. The van der Waals surface area contributed by atoms with E-state index in [-0.39, 0.29) is 30.1 Å². The van der Waals surface area contributed by atoms with Gasteiger partial charge in [0.1, 0.15) is 0 Å². The van der Waals surface area contributed by atoms with Gasteiger partial charge in [0.15, 0.2) is 11.6 Å². The zero-order valence-corrected chi connectivity index (χ0v) is 29.6. The van der Waals surface area contributed by atoms with Gasteiger partial charge in [0.2, 0.25) is 5.95 Å². The molecule has 0 aliphatic carbocycles. The van der Waals surface area contributed by atoms with Gasteiger partial charge in [-0.2, -0.15) is 9.97 Å². The molecule has 4 nitrogen and oxygen atoms in total. The smallest absolute Gasteiger partial charge is 0.238 e. The molecule has 0 amide bonds. The van der Waals surface area contributed by atoms with Crippen LogP contribution in [0.2, 0.25) is 0 Å². The Balaban J connectivity index is 1.21. The summed E-state index contributed by atoms with van der Waals surface area (Å²) >= 11 is 0. The fourth-order valence-electron chi connectivity index (χ4n) is 7.31. The summed E-state index contributed by atoms with van der Waals surface area (Å²) in [6.45, 7) is 0. The SMILES string of the molecule is [2H]c1c([2H])c([2H])c2c(c1[2H])c1cc(-c3ccccc3-c3ccccc3)ccc1n2-c1nc(-c2ccc(-c3ccccc3)cc2)nc(-c2ccc(-c3ccccc3)cc2)n1. The van der Waals surface area contributed by atoms with Gasteiger partial charge in [-0.15, -0.1) is 0 Å². The zero-order valence-electron chi connectivity index (χ0n) is 33.6. The number of hydrogen-bond donors (Lipinski definition) is 0. The van der Waals surface area contributed by atoms with Gasteiger partial charge in [0, 0.05) is 21.9 Å². The minimum Gasteiger partial charge on any atom is -0.278 e. The number of fused-ring (bicyclic) bond motifs is 3. The van der Waals surface area contributed by atoms with Gasteiger partial charge < -0.3 is 0 Å². The van der Waals surface area contributed by atoms with Crippen LogP contribution in [0.25, 0.3) is 95.0 Å². The zero-order chi connectivity index (χ0) is 40.0. The fraction of sp³-hybridized carbons (Fsp3) is 0. The first-order valence-corrected chi connectivity index (χ1v) is 18.2. The van der Waals surface area contributed by atoms with Crippen molar-refractivity contribution in [1.29, 1.82) is 0 Å². The second-order valence-electron chi connectivity index (χ2n) is 13.4. The molecule has 2 heterocycles. The van der Waals surface area contributed by atoms with E-state index in [9.17, 15) is 2.74 Å². The van der Waals surface area contributed by atoms with Crippen LogP contribution >= 0.6 is 0 Å². The highest BCUT2D eigenvalue weighted by Crippen LogP contribution is 2.38. The topological polar surface area (TPSA) is 43.6 Å². The molecule has 10 aromatic rings. The molecule has 8 aromatic carbocycles. The molecule has 0 aliphatic rings. The molecule has 0 bridgehead atoms. The van der Waals surface area contributed by atoms with E-state index in [0.717, 1.165) is 55.6 Å². The second kappa shape index (κ2) is 13.8. The maximum atomic E-state index is 9.28. The Morgan fingerprint density at radius 2 is 0.782 bits per heavy atom. The van der Waals surface area contributed by atoms with Gasteiger partial charge in [-0.25, -0.2) is 4.98 Å². The van der Waals surface area contributed by atoms with Crippen molar-refractivity contribution < 1.29 is 5.48 Å². The first kappa shape index (κ1) is 28.1. The van der Waals surface area contributed by atoms with E-state index in [2.05, 4.69) is 48.5 Å². The highest BCUT2D eigenvalue weighted by molar-refractivity contribution is 6.10. The first-order chi connectivity index (χ1) is 28.9. The minimum absolute atomic E-state index is 0.124. The molecular weight excluding hydrogens is 669 g/mol. The summed E-state index contributed by atoms with van der Waals surface area (Å²) in [6, 6.07) is 60.0. The van der Waals surface area contributed by atoms with Crippen LogP contribution in [0, 0.1) is 0 Å². The van der Waals surface area contributed by atoms with Crippen molar-refractivity contribution in [2.75, 3.05) is 0 Å². The summed E-state index contributed by atoms with van der Waals surface area (Å²) in [5.41, 5.74) is 10.9. The third kappa shape index (κ3) is 6.06. The van der Waals surface area contributed by atoms with Gasteiger partial charge in [-0.05, 0) is 62.7 Å². The number of hydrogen-bond acceptors (Lipinski definition) is 3. The molecule has 2 aromatic heterocycles. The van der Waals surface area contributed by atoms with Crippen molar-refractivity contribution in [3.05, 3.63) is 206 Å². The van der Waals surface area contributed by atoms with Gasteiger partial charge >= 0.3 is 0 Å². The molecule has 0 aliphatic heterocycles. The summed E-state index contributed by atoms with van der Waals surface area (Å²) in [5.74, 6) is 1.11. The Hall–Kier alpha value is -7.43. The molecule has 4 heteroatoms. The lowest BCUT2D eigenvalue weighted by Crippen LogP contribution is -2.06. The lowest BCUT2D eigenvalue weighted by atomic mass is 9.94. The summed E-state index contributed by atoms with van der Waals surface area (Å²) in [4.78, 5) is 15.2. The standard InChI is InChI=1S/C51H34N4/c1-4-14-35(15-5-1)37-24-28-40(29-25-37)49-52-50(41-30-26-38(27-31-41)36-16-6-2-7-17-36)54-51(53-49)55-47-23-13-12-22-45(47)46-34-42(32-33-48(46)55)44-21-11-10-20-43(44)39-18-8-3-9-19-39/h1-34H/i12D,13D,22D,23D. The molecule has 0 unspecified atom stereocenters. The first-order valence-electron chi connectivity index (χ1n) is 20.2. The lowest BCUT2D eigenvalue weighted by molar-refractivity contribution is 0.953.